The molecule has 0 saturated carbocycles. The molecule has 1 fully saturated rings. The number of aromatic nitrogens is 1. The Kier molecular flexibility index (Phi) is 3.51. The minimum absolute atomic E-state index is 0.0677. The summed E-state index contributed by atoms with van der Waals surface area (Å²) in [6.45, 7) is 3.43. The number of nitrogens with zero attached hydrogens (tertiary/aromatic N) is 2. The molecule has 1 aliphatic rings. The fourth-order valence-corrected chi connectivity index (χ4v) is 2.20. The van der Waals surface area contributed by atoms with Gasteiger partial charge in [0.15, 0.2) is 0 Å². The van der Waals surface area contributed by atoms with Crippen LogP contribution in [0.5, 0.6) is 0 Å². The van der Waals surface area contributed by atoms with E-state index in [9.17, 15) is 4.79 Å². The average Bonchev–Trinajstić information content (AvgIpc) is 2.49. The number of hydrogen-bond donors (Lipinski definition) is 1. The van der Waals surface area contributed by atoms with Crippen molar-refractivity contribution in [2.24, 2.45) is 7.05 Å². The van der Waals surface area contributed by atoms with Gasteiger partial charge in [0.25, 0.3) is 5.91 Å². The minimum atomic E-state index is 0.0677. The van der Waals surface area contributed by atoms with E-state index < -0.39 is 0 Å². The molecule has 0 radical (unpaired) electrons. The molecular formula is C11H16ClN3O. The van der Waals surface area contributed by atoms with Crippen molar-refractivity contribution in [2.75, 3.05) is 26.2 Å². The van der Waals surface area contributed by atoms with Crippen LogP contribution in [0.2, 0.25) is 5.02 Å². The van der Waals surface area contributed by atoms with Crippen molar-refractivity contribution < 1.29 is 4.79 Å². The van der Waals surface area contributed by atoms with E-state index in [4.69, 9.17) is 11.6 Å². The molecule has 0 bridgehead atoms. The van der Waals surface area contributed by atoms with E-state index >= 15 is 0 Å². The third-order valence-electron chi connectivity index (χ3n) is 2.82. The van der Waals surface area contributed by atoms with Crippen molar-refractivity contribution >= 4 is 17.5 Å². The van der Waals surface area contributed by atoms with Crippen molar-refractivity contribution in [3.05, 3.63) is 23.0 Å². The van der Waals surface area contributed by atoms with Crippen LogP contribution in [0.1, 0.15) is 16.9 Å². The Balaban J connectivity index is 2.14. The fourth-order valence-electron chi connectivity index (χ4n) is 1.95. The van der Waals surface area contributed by atoms with Gasteiger partial charge in [-0.05, 0) is 19.0 Å². The second kappa shape index (κ2) is 4.89. The van der Waals surface area contributed by atoms with Crippen molar-refractivity contribution in [1.82, 2.24) is 14.8 Å². The van der Waals surface area contributed by atoms with Crippen molar-refractivity contribution in [1.29, 1.82) is 0 Å². The quantitative estimate of drug-likeness (QED) is 0.800. The van der Waals surface area contributed by atoms with Gasteiger partial charge in [-0.1, -0.05) is 11.6 Å². The largest absolute Gasteiger partial charge is 0.345 e. The van der Waals surface area contributed by atoms with E-state index in [1.54, 1.807) is 16.8 Å². The highest BCUT2D eigenvalue weighted by atomic mass is 35.5. The van der Waals surface area contributed by atoms with Gasteiger partial charge in [0.1, 0.15) is 5.69 Å². The second-order valence-corrected chi connectivity index (χ2v) is 4.49. The van der Waals surface area contributed by atoms with Crippen LogP contribution in [-0.4, -0.2) is 41.6 Å². The summed E-state index contributed by atoms with van der Waals surface area (Å²) in [4.78, 5) is 14.1. The maximum Gasteiger partial charge on any atom is 0.270 e. The minimum Gasteiger partial charge on any atom is -0.345 e. The van der Waals surface area contributed by atoms with E-state index in [1.165, 1.54) is 0 Å². The molecule has 88 valence electrons. The summed E-state index contributed by atoms with van der Waals surface area (Å²) >= 11 is 5.88. The van der Waals surface area contributed by atoms with Crippen LogP contribution < -0.4 is 5.32 Å². The first kappa shape index (κ1) is 11.5. The zero-order chi connectivity index (χ0) is 11.5. The van der Waals surface area contributed by atoms with Crippen LogP contribution in [0, 0.1) is 0 Å². The Labute approximate surface area is 100 Å². The summed E-state index contributed by atoms with van der Waals surface area (Å²) < 4.78 is 1.78. The smallest absolute Gasteiger partial charge is 0.270 e. The molecule has 16 heavy (non-hydrogen) atoms. The zero-order valence-electron chi connectivity index (χ0n) is 9.37. The van der Waals surface area contributed by atoms with Gasteiger partial charge in [-0.15, -0.1) is 0 Å². The van der Waals surface area contributed by atoms with E-state index in [0.29, 0.717) is 10.7 Å². The zero-order valence-corrected chi connectivity index (χ0v) is 10.1. The lowest BCUT2D eigenvalue weighted by Gasteiger charge is -2.19. The maximum absolute atomic E-state index is 12.2. The van der Waals surface area contributed by atoms with Gasteiger partial charge in [0, 0.05) is 32.9 Å². The van der Waals surface area contributed by atoms with Crippen LogP contribution in [0.15, 0.2) is 12.3 Å². The first-order valence-corrected chi connectivity index (χ1v) is 5.88. The molecule has 2 rings (SSSR count). The number of aryl methyl sites for hydroxylation is 1. The lowest BCUT2D eigenvalue weighted by Crippen LogP contribution is -2.35. The number of hydrogen-bond acceptors (Lipinski definition) is 2. The first-order valence-electron chi connectivity index (χ1n) is 5.50. The van der Waals surface area contributed by atoms with Crippen LogP contribution in [0.25, 0.3) is 0 Å². The summed E-state index contributed by atoms with van der Waals surface area (Å²) in [6.07, 6.45) is 2.76. The summed E-state index contributed by atoms with van der Waals surface area (Å²) in [5, 5.41) is 3.89. The summed E-state index contributed by atoms with van der Waals surface area (Å²) in [5.74, 6) is 0.0677. The maximum atomic E-state index is 12.2. The lowest BCUT2D eigenvalue weighted by atomic mass is 10.3. The van der Waals surface area contributed by atoms with E-state index in [2.05, 4.69) is 5.32 Å². The molecule has 1 aliphatic heterocycles. The normalized spacial score (nSPS) is 17.2. The van der Waals surface area contributed by atoms with Crippen LogP contribution in [0.4, 0.5) is 0 Å². The number of halogens is 1. The van der Waals surface area contributed by atoms with Gasteiger partial charge >= 0.3 is 0 Å². The van der Waals surface area contributed by atoms with E-state index in [-0.39, 0.29) is 5.91 Å². The lowest BCUT2D eigenvalue weighted by molar-refractivity contribution is 0.0757. The molecule has 1 N–H and O–H groups in total. The Morgan fingerprint density at radius 2 is 2.25 bits per heavy atom. The molecule has 1 aromatic heterocycles. The molecule has 0 aliphatic carbocycles. The van der Waals surface area contributed by atoms with Crippen molar-refractivity contribution in [3.63, 3.8) is 0 Å². The number of carbonyl (C=O) groups is 1. The molecule has 1 aromatic rings. The molecule has 5 heteroatoms. The second-order valence-electron chi connectivity index (χ2n) is 4.05. The molecular weight excluding hydrogens is 226 g/mol. The highest BCUT2D eigenvalue weighted by Crippen LogP contribution is 2.15. The van der Waals surface area contributed by atoms with Crippen LogP contribution in [0.3, 0.4) is 0 Å². The van der Waals surface area contributed by atoms with Gasteiger partial charge < -0.3 is 14.8 Å². The van der Waals surface area contributed by atoms with Gasteiger partial charge in [0.2, 0.25) is 0 Å². The predicted octanol–water partition coefficient (Wildman–Crippen LogP) is 1.11. The highest BCUT2D eigenvalue weighted by Gasteiger charge is 2.19. The van der Waals surface area contributed by atoms with E-state index in [1.807, 2.05) is 11.9 Å². The van der Waals surface area contributed by atoms with Crippen molar-refractivity contribution in [2.45, 2.75) is 6.42 Å². The van der Waals surface area contributed by atoms with Gasteiger partial charge in [-0.2, -0.15) is 0 Å². The van der Waals surface area contributed by atoms with Crippen molar-refractivity contribution in [3.8, 4) is 0 Å². The van der Waals surface area contributed by atoms with E-state index in [0.717, 1.165) is 32.6 Å². The fraction of sp³-hybridized carbons (Fsp3) is 0.545. The van der Waals surface area contributed by atoms with Crippen LogP contribution >= 0.6 is 11.6 Å². The highest BCUT2D eigenvalue weighted by molar-refractivity contribution is 6.31. The Morgan fingerprint density at radius 3 is 2.94 bits per heavy atom. The molecule has 4 nitrogen and oxygen atoms in total. The molecule has 2 heterocycles. The molecule has 0 aromatic carbocycles. The summed E-state index contributed by atoms with van der Waals surface area (Å²) in [6, 6.07) is 1.72. The molecule has 0 spiro atoms. The van der Waals surface area contributed by atoms with Crippen LogP contribution in [-0.2, 0) is 7.05 Å². The number of nitrogens with one attached hydrogen (secondary N) is 1. The Hall–Kier alpha value is -1.00. The Bertz CT molecular complexity index is 381. The molecule has 0 unspecified atom stereocenters. The van der Waals surface area contributed by atoms with Gasteiger partial charge in [-0.3, -0.25) is 4.79 Å². The summed E-state index contributed by atoms with van der Waals surface area (Å²) in [7, 11) is 1.84. The molecule has 1 saturated heterocycles. The third kappa shape index (κ3) is 2.39. The number of amides is 1. The van der Waals surface area contributed by atoms with Gasteiger partial charge in [0.05, 0.1) is 5.02 Å². The standard InChI is InChI=1S/C11H16ClN3O/c1-14-8-9(12)7-10(14)11(16)15-5-2-3-13-4-6-15/h7-8,13H,2-6H2,1H3. The Morgan fingerprint density at radius 1 is 1.44 bits per heavy atom. The predicted molar refractivity (Wildman–Crippen MR) is 63.8 cm³/mol. The monoisotopic (exact) mass is 241 g/mol. The number of carbonyl (C=O) groups excluding carboxylic acids is 1. The SMILES string of the molecule is Cn1cc(Cl)cc1C(=O)N1CCCNCC1. The topological polar surface area (TPSA) is 37.3 Å². The first-order chi connectivity index (χ1) is 7.68. The molecule has 1 amide bonds. The summed E-state index contributed by atoms with van der Waals surface area (Å²) in [5.41, 5.74) is 0.659. The molecule has 0 atom stereocenters. The van der Waals surface area contributed by atoms with Gasteiger partial charge in [-0.25, -0.2) is 0 Å². The number of rotatable bonds is 1. The average molecular weight is 242 g/mol. The third-order valence-corrected chi connectivity index (χ3v) is 3.02.